The summed E-state index contributed by atoms with van der Waals surface area (Å²) in [7, 11) is 0. The first-order valence-corrected chi connectivity index (χ1v) is 6.46. The van der Waals surface area contributed by atoms with Crippen LogP contribution in [0.2, 0.25) is 0 Å². The second-order valence-corrected chi connectivity index (χ2v) is 4.57. The van der Waals surface area contributed by atoms with E-state index in [0.29, 0.717) is 18.2 Å². The summed E-state index contributed by atoms with van der Waals surface area (Å²) < 4.78 is 5.42. The molecule has 106 valence electrons. The van der Waals surface area contributed by atoms with E-state index in [1.165, 1.54) is 0 Å². The number of nitrogens with one attached hydrogen (secondary N) is 1. The zero-order valence-corrected chi connectivity index (χ0v) is 12.2. The summed E-state index contributed by atoms with van der Waals surface area (Å²) in [6.45, 7) is 7.03. The topological polar surface area (TPSA) is 41.6 Å². The van der Waals surface area contributed by atoms with Gasteiger partial charge in [-0.1, -0.05) is 6.07 Å². The summed E-state index contributed by atoms with van der Waals surface area (Å²) in [5, 5.41) is 3.33. The molecule has 1 N–H and O–H groups in total. The molecule has 0 aromatic heterocycles. The van der Waals surface area contributed by atoms with Gasteiger partial charge < -0.3 is 15.0 Å². The van der Waals surface area contributed by atoms with Gasteiger partial charge in [-0.25, -0.2) is 0 Å². The number of benzene rings is 1. The Morgan fingerprint density at radius 3 is 3.00 bits per heavy atom. The minimum atomic E-state index is 0. The molecular formula is C14H21ClN2O2. The molecule has 1 heterocycles. The van der Waals surface area contributed by atoms with E-state index in [9.17, 15) is 4.79 Å². The van der Waals surface area contributed by atoms with E-state index in [1.54, 1.807) is 0 Å². The molecule has 19 heavy (non-hydrogen) atoms. The fourth-order valence-electron chi connectivity index (χ4n) is 2.18. The molecule has 0 aliphatic carbocycles. The number of rotatable bonds is 3. The molecule has 5 heteroatoms. The fraction of sp³-hybridized carbons (Fsp3) is 0.500. The molecule has 1 unspecified atom stereocenters. The lowest BCUT2D eigenvalue weighted by molar-refractivity contribution is 0.0708. The van der Waals surface area contributed by atoms with Gasteiger partial charge in [0.15, 0.2) is 0 Å². The van der Waals surface area contributed by atoms with Gasteiger partial charge in [-0.15, -0.1) is 12.4 Å². The smallest absolute Gasteiger partial charge is 0.254 e. The third-order valence-electron chi connectivity index (χ3n) is 3.05. The van der Waals surface area contributed by atoms with Gasteiger partial charge in [-0.05, 0) is 32.0 Å². The normalized spacial score (nSPS) is 18.6. The van der Waals surface area contributed by atoms with E-state index in [0.717, 1.165) is 25.4 Å². The van der Waals surface area contributed by atoms with E-state index in [4.69, 9.17) is 4.74 Å². The molecule has 1 aromatic rings. The molecule has 4 nitrogen and oxygen atoms in total. The van der Waals surface area contributed by atoms with Crippen LogP contribution in [0.5, 0.6) is 5.75 Å². The lowest BCUT2D eigenvalue weighted by Gasteiger charge is -2.32. The predicted molar refractivity (Wildman–Crippen MR) is 78.2 cm³/mol. The average molecular weight is 285 g/mol. The lowest BCUT2D eigenvalue weighted by atomic mass is 10.1. The monoisotopic (exact) mass is 284 g/mol. The number of ether oxygens (including phenoxy) is 1. The van der Waals surface area contributed by atoms with E-state index in [-0.39, 0.29) is 18.3 Å². The quantitative estimate of drug-likeness (QED) is 0.922. The molecule has 1 atom stereocenters. The summed E-state index contributed by atoms with van der Waals surface area (Å²) in [6, 6.07) is 7.76. The lowest BCUT2D eigenvalue weighted by Crippen LogP contribution is -2.51. The van der Waals surface area contributed by atoms with Gasteiger partial charge in [0.2, 0.25) is 0 Å². The molecule has 2 rings (SSSR count). The highest BCUT2D eigenvalue weighted by molar-refractivity contribution is 5.94. The van der Waals surface area contributed by atoms with Crippen LogP contribution in [0.15, 0.2) is 24.3 Å². The van der Waals surface area contributed by atoms with Crippen LogP contribution < -0.4 is 10.1 Å². The molecule has 1 saturated heterocycles. The summed E-state index contributed by atoms with van der Waals surface area (Å²) >= 11 is 0. The fourth-order valence-corrected chi connectivity index (χ4v) is 2.18. The van der Waals surface area contributed by atoms with Crippen LogP contribution >= 0.6 is 12.4 Å². The number of hydrogen-bond acceptors (Lipinski definition) is 3. The Labute approximate surface area is 120 Å². The van der Waals surface area contributed by atoms with Crippen molar-refractivity contribution in [3.8, 4) is 5.75 Å². The maximum absolute atomic E-state index is 12.3. The largest absolute Gasteiger partial charge is 0.494 e. The number of halogens is 1. The number of amides is 1. The van der Waals surface area contributed by atoms with Crippen LogP contribution in [0.25, 0.3) is 0 Å². The second kappa shape index (κ2) is 7.36. The predicted octanol–water partition coefficient (Wildman–Crippen LogP) is 1.94. The highest BCUT2D eigenvalue weighted by Gasteiger charge is 2.21. The van der Waals surface area contributed by atoms with Gasteiger partial charge >= 0.3 is 0 Å². The Morgan fingerprint density at radius 2 is 2.32 bits per heavy atom. The minimum absolute atomic E-state index is 0. The summed E-state index contributed by atoms with van der Waals surface area (Å²) in [5.74, 6) is 0.844. The van der Waals surface area contributed by atoms with E-state index < -0.39 is 0 Å². The number of hydrogen-bond donors (Lipinski definition) is 1. The van der Waals surface area contributed by atoms with Crippen molar-refractivity contribution in [2.24, 2.45) is 0 Å². The molecule has 0 radical (unpaired) electrons. The van der Waals surface area contributed by atoms with Crippen LogP contribution in [0, 0.1) is 0 Å². The van der Waals surface area contributed by atoms with Gasteiger partial charge in [0.05, 0.1) is 6.61 Å². The molecular weight excluding hydrogens is 264 g/mol. The summed E-state index contributed by atoms with van der Waals surface area (Å²) in [6.07, 6.45) is 0. The van der Waals surface area contributed by atoms with Gasteiger partial charge in [0.1, 0.15) is 5.75 Å². The van der Waals surface area contributed by atoms with Crippen LogP contribution in [0.3, 0.4) is 0 Å². The number of carbonyl (C=O) groups is 1. The zero-order chi connectivity index (χ0) is 13.0. The highest BCUT2D eigenvalue weighted by Crippen LogP contribution is 2.15. The Morgan fingerprint density at radius 1 is 1.53 bits per heavy atom. The van der Waals surface area contributed by atoms with Crippen LogP contribution in [-0.2, 0) is 0 Å². The van der Waals surface area contributed by atoms with Crippen molar-refractivity contribution >= 4 is 18.3 Å². The molecule has 1 aliphatic heterocycles. The van der Waals surface area contributed by atoms with Crippen molar-refractivity contribution in [2.75, 3.05) is 26.2 Å². The minimum Gasteiger partial charge on any atom is -0.494 e. The Bertz CT molecular complexity index is 426. The van der Waals surface area contributed by atoms with Crippen molar-refractivity contribution in [1.82, 2.24) is 10.2 Å². The first-order chi connectivity index (χ1) is 8.70. The van der Waals surface area contributed by atoms with Gasteiger partial charge in [0.25, 0.3) is 5.91 Å². The second-order valence-electron chi connectivity index (χ2n) is 4.57. The third kappa shape index (κ3) is 4.11. The summed E-state index contributed by atoms with van der Waals surface area (Å²) in [5.41, 5.74) is 0.704. The van der Waals surface area contributed by atoms with Crippen molar-refractivity contribution < 1.29 is 9.53 Å². The van der Waals surface area contributed by atoms with Gasteiger partial charge in [-0.2, -0.15) is 0 Å². The summed E-state index contributed by atoms with van der Waals surface area (Å²) in [4.78, 5) is 14.2. The first-order valence-electron chi connectivity index (χ1n) is 6.46. The molecule has 1 aromatic carbocycles. The van der Waals surface area contributed by atoms with Crippen molar-refractivity contribution in [1.29, 1.82) is 0 Å². The maximum atomic E-state index is 12.3. The third-order valence-corrected chi connectivity index (χ3v) is 3.05. The van der Waals surface area contributed by atoms with Gasteiger partial charge in [0, 0.05) is 31.2 Å². The molecule has 0 spiro atoms. The number of piperazine rings is 1. The van der Waals surface area contributed by atoms with Crippen molar-refractivity contribution in [3.63, 3.8) is 0 Å². The molecule has 0 bridgehead atoms. The molecule has 1 fully saturated rings. The van der Waals surface area contributed by atoms with Crippen molar-refractivity contribution in [3.05, 3.63) is 29.8 Å². The highest BCUT2D eigenvalue weighted by atomic mass is 35.5. The molecule has 1 amide bonds. The van der Waals surface area contributed by atoms with E-state index >= 15 is 0 Å². The molecule has 0 saturated carbocycles. The zero-order valence-electron chi connectivity index (χ0n) is 11.4. The van der Waals surface area contributed by atoms with Crippen LogP contribution in [-0.4, -0.2) is 43.1 Å². The van der Waals surface area contributed by atoms with Gasteiger partial charge in [-0.3, -0.25) is 4.79 Å². The average Bonchev–Trinajstić information content (AvgIpc) is 2.39. The van der Waals surface area contributed by atoms with Crippen LogP contribution in [0.4, 0.5) is 0 Å². The maximum Gasteiger partial charge on any atom is 0.254 e. The number of nitrogens with zero attached hydrogens (tertiary/aromatic N) is 1. The SMILES string of the molecule is CCOc1cccc(C(=O)N2CCNC(C)C2)c1.Cl. The molecule has 1 aliphatic rings. The Balaban J connectivity index is 0.00000180. The Hall–Kier alpha value is -1.26. The van der Waals surface area contributed by atoms with Crippen LogP contribution in [0.1, 0.15) is 24.2 Å². The Kier molecular flexibility index (Phi) is 6.12. The van der Waals surface area contributed by atoms with Crippen molar-refractivity contribution in [2.45, 2.75) is 19.9 Å². The van der Waals surface area contributed by atoms with E-state index in [2.05, 4.69) is 12.2 Å². The standard InChI is InChI=1S/C14H20N2O2.ClH/c1-3-18-13-6-4-5-12(9-13)14(17)16-8-7-15-11(2)10-16;/h4-6,9,11,15H,3,7-8,10H2,1-2H3;1H. The first kappa shape index (κ1) is 15.8. The van der Waals surface area contributed by atoms with E-state index in [1.807, 2.05) is 36.1 Å². The number of carbonyl (C=O) groups excluding carboxylic acids is 1.